The number of halogens is 3. The Hall–Kier alpha value is -2.02. The zero-order chi connectivity index (χ0) is 17.7. The van der Waals surface area contributed by atoms with Gasteiger partial charge in [0.2, 0.25) is 0 Å². The number of rotatable bonds is 4. The average molecular weight is 389 g/mol. The number of alkyl halides is 3. The highest BCUT2D eigenvalue weighted by Gasteiger charge is 2.30. The van der Waals surface area contributed by atoms with E-state index >= 15 is 0 Å². The first-order chi connectivity index (χ1) is 11.3. The molecular weight excluding hydrogens is 377 g/mol. The van der Waals surface area contributed by atoms with Gasteiger partial charge < -0.3 is 15.4 Å². The molecule has 6 nitrogen and oxygen atoms in total. The Balaban J connectivity index is 2.07. The lowest BCUT2D eigenvalue weighted by molar-refractivity contribution is -0.115. The highest BCUT2D eigenvalue weighted by Crippen LogP contribution is 2.28. The van der Waals surface area contributed by atoms with Crippen LogP contribution in [0.4, 0.5) is 5.69 Å². The van der Waals surface area contributed by atoms with E-state index in [0.717, 1.165) is 0 Å². The molecule has 2 N–H and O–H groups in total. The van der Waals surface area contributed by atoms with Crippen LogP contribution in [0.25, 0.3) is 0 Å². The fourth-order valence-electron chi connectivity index (χ4n) is 1.67. The summed E-state index contributed by atoms with van der Waals surface area (Å²) in [6.45, 7) is 0. The molecule has 0 unspecified atom stereocenters. The maximum atomic E-state index is 11.6. The monoisotopic (exact) mass is 387 g/mol. The van der Waals surface area contributed by atoms with E-state index < -0.39 is 9.70 Å². The van der Waals surface area contributed by atoms with Crippen LogP contribution in [0.1, 0.15) is 10.5 Å². The Bertz CT molecular complexity index is 746. The van der Waals surface area contributed by atoms with Crippen molar-refractivity contribution in [2.75, 3.05) is 12.4 Å². The molecule has 9 heteroatoms. The molecule has 0 spiro atoms. The molecule has 1 aromatic carbocycles. The number of aromatic nitrogens is 1. The van der Waals surface area contributed by atoms with E-state index in [1.54, 1.807) is 30.3 Å². The number of anilines is 1. The molecule has 0 radical (unpaired) electrons. The number of pyridine rings is 1. The van der Waals surface area contributed by atoms with Gasteiger partial charge in [0.05, 0.1) is 0 Å². The Labute approximate surface area is 153 Å². The minimum absolute atomic E-state index is 0.238. The predicted octanol–water partition coefficient (Wildman–Crippen LogP) is 3.54. The fraction of sp³-hybridized carbons (Fsp3) is 0.133. The number of hydrogen-bond acceptors (Lipinski definition) is 4. The summed E-state index contributed by atoms with van der Waals surface area (Å²) < 4.78 is 3.59. The van der Waals surface area contributed by atoms with Crippen molar-refractivity contribution in [3.8, 4) is 11.5 Å². The van der Waals surface area contributed by atoms with Gasteiger partial charge >= 0.3 is 0 Å². The third kappa shape index (κ3) is 4.99. The number of nitrogens with zero attached hydrogens (tertiary/aromatic N) is 1. The number of hydrogen-bond donors (Lipinski definition) is 2. The molecule has 0 aliphatic heterocycles. The molecule has 24 heavy (non-hydrogen) atoms. The van der Waals surface area contributed by atoms with Gasteiger partial charge in [-0.25, -0.2) is 0 Å². The van der Waals surface area contributed by atoms with E-state index in [0.29, 0.717) is 17.2 Å². The summed E-state index contributed by atoms with van der Waals surface area (Å²) in [7, 11) is 1.52. The molecule has 126 valence electrons. The quantitative estimate of drug-likeness (QED) is 0.785. The molecule has 2 rings (SSSR count). The van der Waals surface area contributed by atoms with Crippen molar-refractivity contribution < 1.29 is 14.3 Å². The summed E-state index contributed by atoms with van der Waals surface area (Å²) in [5.41, 5.74) is 0.681. The van der Waals surface area contributed by atoms with E-state index in [1.807, 2.05) is 0 Å². The molecule has 0 saturated heterocycles. The molecule has 2 amide bonds. The van der Waals surface area contributed by atoms with Crippen LogP contribution < -0.4 is 15.4 Å². The Morgan fingerprint density at radius 3 is 2.33 bits per heavy atom. The number of carbonyl (C=O) groups is 2. The summed E-state index contributed by atoms with van der Waals surface area (Å²) in [6, 6.07) is 9.54. The molecule has 0 fully saturated rings. The minimum Gasteiger partial charge on any atom is -0.457 e. The van der Waals surface area contributed by atoms with Gasteiger partial charge in [0.1, 0.15) is 17.2 Å². The van der Waals surface area contributed by atoms with Crippen molar-refractivity contribution in [1.82, 2.24) is 10.3 Å². The lowest BCUT2D eigenvalue weighted by atomic mass is 10.3. The van der Waals surface area contributed by atoms with Gasteiger partial charge in [-0.2, -0.15) is 0 Å². The zero-order valence-electron chi connectivity index (χ0n) is 12.3. The molecule has 0 aliphatic carbocycles. The third-order valence-electron chi connectivity index (χ3n) is 2.80. The van der Waals surface area contributed by atoms with Crippen LogP contribution in [-0.4, -0.2) is 27.6 Å². The molecule has 0 saturated carbocycles. The second-order valence-electron chi connectivity index (χ2n) is 4.53. The summed E-state index contributed by atoms with van der Waals surface area (Å²) in [4.78, 5) is 27.0. The maximum absolute atomic E-state index is 11.6. The number of benzene rings is 1. The highest BCUT2D eigenvalue weighted by atomic mass is 35.6. The molecule has 0 aliphatic rings. The second-order valence-corrected chi connectivity index (χ2v) is 6.82. The van der Waals surface area contributed by atoms with Gasteiger partial charge in [-0.3, -0.25) is 14.6 Å². The van der Waals surface area contributed by atoms with Crippen LogP contribution in [0.15, 0.2) is 42.6 Å². The van der Waals surface area contributed by atoms with Gasteiger partial charge in [0.15, 0.2) is 0 Å². The van der Waals surface area contributed by atoms with Crippen molar-refractivity contribution in [3.05, 3.63) is 48.3 Å². The molecular formula is C15H12Cl3N3O3. The lowest BCUT2D eigenvalue weighted by Crippen LogP contribution is -2.26. The lowest BCUT2D eigenvalue weighted by Gasteiger charge is -2.12. The predicted molar refractivity (Wildman–Crippen MR) is 93.1 cm³/mol. The molecule has 1 heterocycles. The normalized spacial score (nSPS) is 10.8. The largest absolute Gasteiger partial charge is 0.457 e. The zero-order valence-corrected chi connectivity index (χ0v) is 14.6. The van der Waals surface area contributed by atoms with Gasteiger partial charge in [-0.15, -0.1) is 0 Å². The van der Waals surface area contributed by atoms with E-state index in [1.165, 1.54) is 19.3 Å². The Kier molecular flexibility index (Phi) is 5.88. The SMILES string of the molecule is CNC(=O)c1cc(Oc2ccc(NC(=O)C(Cl)(Cl)Cl)cc2)ccn1. The summed E-state index contributed by atoms with van der Waals surface area (Å²) >= 11 is 16.4. The van der Waals surface area contributed by atoms with Crippen molar-refractivity contribution in [2.24, 2.45) is 0 Å². The Morgan fingerprint density at radius 1 is 1.08 bits per heavy atom. The van der Waals surface area contributed by atoms with Crippen LogP contribution in [0.3, 0.4) is 0 Å². The van der Waals surface area contributed by atoms with Gasteiger partial charge in [0, 0.05) is 25.0 Å². The van der Waals surface area contributed by atoms with E-state index in [4.69, 9.17) is 39.5 Å². The van der Waals surface area contributed by atoms with E-state index in [-0.39, 0.29) is 11.6 Å². The Morgan fingerprint density at radius 2 is 1.75 bits per heavy atom. The fourth-order valence-corrected chi connectivity index (χ4v) is 1.81. The number of nitrogens with one attached hydrogen (secondary N) is 2. The smallest absolute Gasteiger partial charge is 0.276 e. The van der Waals surface area contributed by atoms with Gasteiger partial charge in [0.25, 0.3) is 15.6 Å². The number of amides is 2. The third-order valence-corrected chi connectivity index (χ3v) is 3.31. The summed E-state index contributed by atoms with van der Waals surface area (Å²) in [5, 5.41) is 4.93. The molecule has 2 aromatic rings. The first-order valence-electron chi connectivity index (χ1n) is 6.64. The molecule has 0 atom stereocenters. The van der Waals surface area contributed by atoms with E-state index in [2.05, 4.69) is 15.6 Å². The highest BCUT2D eigenvalue weighted by molar-refractivity contribution is 6.76. The average Bonchev–Trinajstić information content (AvgIpc) is 2.55. The van der Waals surface area contributed by atoms with Crippen molar-refractivity contribution in [1.29, 1.82) is 0 Å². The van der Waals surface area contributed by atoms with Crippen molar-refractivity contribution >= 4 is 52.3 Å². The second kappa shape index (κ2) is 7.70. The van der Waals surface area contributed by atoms with Crippen LogP contribution in [-0.2, 0) is 4.79 Å². The number of ether oxygens (including phenoxy) is 1. The first kappa shape index (κ1) is 18.3. The molecule has 0 bridgehead atoms. The van der Waals surface area contributed by atoms with Crippen LogP contribution in [0, 0.1) is 0 Å². The van der Waals surface area contributed by atoms with Crippen molar-refractivity contribution in [2.45, 2.75) is 3.79 Å². The minimum atomic E-state index is -2.04. The molecule has 1 aromatic heterocycles. The van der Waals surface area contributed by atoms with Gasteiger partial charge in [-0.05, 0) is 30.3 Å². The standard InChI is InChI=1S/C15H12Cl3N3O3/c1-19-13(22)12-8-11(6-7-20-12)24-10-4-2-9(3-5-10)21-14(23)15(16,17)18/h2-8H,1H3,(H,19,22)(H,21,23). The first-order valence-corrected chi connectivity index (χ1v) is 7.77. The van der Waals surface area contributed by atoms with E-state index in [9.17, 15) is 9.59 Å². The van der Waals surface area contributed by atoms with Gasteiger partial charge in [-0.1, -0.05) is 34.8 Å². The number of carbonyl (C=O) groups excluding carboxylic acids is 2. The maximum Gasteiger partial charge on any atom is 0.276 e. The topological polar surface area (TPSA) is 80.3 Å². The summed E-state index contributed by atoms with van der Waals surface area (Å²) in [6.07, 6.45) is 1.47. The van der Waals surface area contributed by atoms with Crippen LogP contribution in [0.2, 0.25) is 0 Å². The van der Waals surface area contributed by atoms with Crippen LogP contribution >= 0.6 is 34.8 Å². The summed E-state index contributed by atoms with van der Waals surface area (Å²) in [5.74, 6) is -0.131. The van der Waals surface area contributed by atoms with Crippen LogP contribution in [0.5, 0.6) is 11.5 Å². The van der Waals surface area contributed by atoms with Crippen molar-refractivity contribution in [3.63, 3.8) is 0 Å².